The predicted octanol–water partition coefficient (Wildman–Crippen LogP) is 7.50. The van der Waals surface area contributed by atoms with E-state index in [-0.39, 0.29) is 11.5 Å². The summed E-state index contributed by atoms with van der Waals surface area (Å²) in [4.78, 5) is 0. The van der Waals surface area contributed by atoms with Gasteiger partial charge in [-0.05, 0) is 0 Å². The number of ether oxygens (including phenoxy) is 1. The molecule has 0 aliphatic heterocycles. The molecule has 0 spiro atoms. The van der Waals surface area contributed by atoms with Crippen molar-refractivity contribution in [3.63, 3.8) is 0 Å². The molecule has 0 unspecified atom stereocenters. The molecule has 2 N–H and O–H groups in total. The molecule has 0 atom stereocenters. The van der Waals surface area contributed by atoms with E-state index in [0.29, 0.717) is 0 Å². The number of rotatable bonds is 8. The van der Waals surface area contributed by atoms with E-state index in [1.54, 1.807) is 24.3 Å². The third-order valence-corrected chi connectivity index (χ3v) is 11.4. The van der Waals surface area contributed by atoms with Gasteiger partial charge in [-0.2, -0.15) is 0 Å². The van der Waals surface area contributed by atoms with Gasteiger partial charge in [-0.1, -0.05) is 0 Å². The second-order valence-corrected chi connectivity index (χ2v) is 14.2. The van der Waals surface area contributed by atoms with Crippen LogP contribution in [0.15, 0.2) is 78.9 Å². The van der Waals surface area contributed by atoms with Crippen molar-refractivity contribution in [1.29, 1.82) is 0 Å². The second-order valence-electron chi connectivity index (χ2n) is 7.84. The van der Waals surface area contributed by atoms with Crippen molar-refractivity contribution in [1.82, 2.24) is 0 Å². The molecule has 0 aliphatic carbocycles. The standard InChI is InChI=1S/C28H29AsO3/c1-3-29(4-2)17-18-32-25-13-7-21(8-14-25)28-26(20-5-10-23(30)11-6-20)15-9-22-19-24(31)12-16-27(22)28/h5-16,19,30-31H,3-4,17-18H2,1-2H3. The number of hydrogen-bond acceptors (Lipinski definition) is 3. The van der Waals surface area contributed by atoms with Crippen molar-refractivity contribution in [2.24, 2.45) is 0 Å². The number of phenolic OH excluding ortho intramolecular Hbond substituents is 2. The Kier molecular flexibility index (Phi) is 7.07. The molecule has 0 fully saturated rings. The number of phenols is 2. The first-order valence-electron chi connectivity index (χ1n) is 11.1. The molecule has 4 aromatic rings. The summed E-state index contributed by atoms with van der Waals surface area (Å²) in [7, 11) is 0. The van der Waals surface area contributed by atoms with Gasteiger partial charge in [0, 0.05) is 0 Å². The van der Waals surface area contributed by atoms with Crippen LogP contribution in [0.5, 0.6) is 17.2 Å². The van der Waals surface area contributed by atoms with Gasteiger partial charge < -0.3 is 10.2 Å². The summed E-state index contributed by atoms with van der Waals surface area (Å²) < 4.78 is 6.04. The third-order valence-electron chi connectivity index (χ3n) is 5.90. The summed E-state index contributed by atoms with van der Waals surface area (Å²) in [5.74, 6) is 1.41. The van der Waals surface area contributed by atoms with Crippen molar-refractivity contribution in [3.05, 3.63) is 78.9 Å². The van der Waals surface area contributed by atoms with Crippen LogP contribution in [0.3, 0.4) is 0 Å². The van der Waals surface area contributed by atoms with Crippen LogP contribution in [0.25, 0.3) is 33.0 Å². The average Bonchev–Trinajstić information content (AvgIpc) is 2.82. The molecule has 32 heavy (non-hydrogen) atoms. The first kappa shape index (κ1) is 22.3. The van der Waals surface area contributed by atoms with Gasteiger partial charge in [0.25, 0.3) is 0 Å². The van der Waals surface area contributed by atoms with E-state index >= 15 is 0 Å². The first-order valence-corrected chi connectivity index (χ1v) is 15.1. The zero-order valence-electron chi connectivity index (χ0n) is 18.6. The minimum absolute atomic E-state index is 0.249. The van der Waals surface area contributed by atoms with Crippen LogP contribution in [0.4, 0.5) is 0 Å². The van der Waals surface area contributed by atoms with Gasteiger partial charge in [-0.3, -0.25) is 0 Å². The molecule has 0 aromatic heterocycles. The van der Waals surface area contributed by atoms with E-state index < -0.39 is 14.7 Å². The predicted molar refractivity (Wildman–Crippen MR) is 135 cm³/mol. The fraction of sp³-hybridized carbons (Fsp3) is 0.214. The van der Waals surface area contributed by atoms with Gasteiger partial charge in [0.2, 0.25) is 0 Å². The summed E-state index contributed by atoms with van der Waals surface area (Å²) in [5.41, 5.74) is 4.30. The van der Waals surface area contributed by atoms with Gasteiger partial charge in [0.1, 0.15) is 5.75 Å². The summed E-state index contributed by atoms with van der Waals surface area (Å²) in [5, 5.41) is 25.6. The van der Waals surface area contributed by atoms with Crippen molar-refractivity contribution >= 4 is 25.4 Å². The summed E-state index contributed by atoms with van der Waals surface area (Å²) in [6, 6.07) is 25.2. The molecule has 4 heteroatoms. The van der Waals surface area contributed by atoms with Crippen molar-refractivity contribution in [2.45, 2.75) is 29.5 Å². The average molecular weight is 488 g/mol. The van der Waals surface area contributed by atoms with Gasteiger partial charge in [-0.25, -0.2) is 0 Å². The van der Waals surface area contributed by atoms with Gasteiger partial charge >= 0.3 is 179 Å². The molecule has 0 radical (unpaired) electrons. The maximum atomic E-state index is 9.96. The zero-order chi connectivity index (χ0) is 22.5. The summed E-state index contributed by atoms with van der Waals surface area (Å²) >= 11 is -0.701. The number of hydrogen-bond donors (Lipinski definition) is 2. The van der Waals surface area contributed by atoms with Crippen molar-refractivity contribution < 1.29 is 14.9 Å². The van der Waals surface area contributed by atoms with E-state index in [9.17, 15) is 10.2 Å². The Hall–Kier alpha value is -2.90. The normalized spacial score (nSPS) is 11.2. The second kappa shape index (κ2) is 10.1. The molecule has 0 heterocycles. The van der Waals surface area contributed by atoms with Gasteiger partial charge in [0.05, 0.1) is 0 Å². The molecule has 0 aliphatic rings. The Morgan fingerprint density at radius 1 is 0.719 bits per heavy atom. The Labute approximate surface area is 194 Å². The quantitative estimate of drug-likeness (QED) is 0.253. The van der Waals surface area contributed by atoms with E-state index in [1.807, 2.05) is 36.4 Å². The number of aromatic hydroxyl groups is 2. The fourth-order valence-electron chi connectivity index (χ4n) is 4.06. The Morgan fingerprint density at radius 3 is 2.06 bits per heavy atom. The Balaban J connectivity index is 1.70. The number of fused-ring (bicyclic) bond motifs is 1. The van der Waals surface area contributed by atoms with Crippen LogP contribution in [0.2, 0.25) is 15.6 Å². The van der Waals surface area contributed by atoms with E-state index in [1.165, 1.54) is 15.6 Å². The molecule has 0 amide bonds. The van der Waals surface area contributed by atoms with Crippen molar-refractivity contribution in [3.8, 4) is 39.5 Å². The molecule has 0 bridgehead atoms. The molecule has 164 valence electrons. The van der Waals surface area contributed by atoms with E-state index in [4.69, 9.17) is 4.74 Å². The molecule has 4 aromatic carbocycles. The van der Waals surface area contributed by atoms with Crippen LogP contribution in [-0.2, 0) is 0 Å². The SMILES string of the molecule is CC[As](CC)CCOc1ccc(-c2c(-c3ccc(O)cc3)ccc3cc(O)ccc23)cc1. The molecule has 0 saturated heterocycles. The fourth-order valence-corrected chi connectivity index (χ4v) is 7.06. The topological polar surface area (TPSA) is 49.7 Å². The van der Waals surface area contributed by atoms with Crippen LogP contribution in [-0.4, -0.2) is 31.5 Å². The molecular weight excluding hydrogens is 459 g/mol. The molecular formula is C28H29AsO3. The number of benzene rings is 4. The summed E-state index contributed by atoms with van der Waals surface area (Å²) in [6.45, 7) is 5.40. The molecule has 4 rings (SSSR count). The van der Waals surface area contributed by atoms with E-state index in [2.05, 4.69) is 32.0 Å². The zero-order valence-corrected chi connectivity index (χ0v) is 20.5. The van der Waals surface area contributed by atoms with Crippen molar-refractivity contribution in [2.75, 3.05) is 6.61 Å². The van der Waals surface area contributed by atoms with Crippen LogP contribution in [0.1, 0.15) is 13.8 Å². The van der Waals surface area contributed by atoms with Gasteiger partial charge in [0.15, 0.2) is 0 Å². The van der Waals surface area contributed by atoms with E-state index in [0.717, 1.165) is 45.4 Å². The van der Waals surface area contributed by atoms with Crippen LogP contribution in [0, 0.1) is 0 Å². The molecule has 3 nitrogen and oxygen atoms in total. The van der Waals surface area contributed by atoms with Crippen LogP contribution >= 0.6 is 0 Å². The Bertz CT molecular complexity index is 1180. The first-order chi connectivity index (χ1) is 15.6. The third kappa shape index (κ3) is 4.94. The van der Waals surface area contributed by atoms with Crippen LogP contribution < -0.4 is 4.74 Å². The maximum absolute atomic E-state index is 9.96. The van der Waals surface area contributed by atoms with Gasteiger partial charge in [-0.15, -0.1) is 0 Å². The summed E-state index contributed by atoms with van der Waals surface area (Å²) in [6.07, 6.45) is 0. The molecule has 0 saturated carbocycles. The monoisotopic (exact) mass is 488 g/mol. The Morgan fingerprint density at radius 2 is 1.38 bits per heavy atom. The minimum atomic E-state index is -0.701.